The molecule has 0 spiro atoms. The van der Waals surface area contributed by atoms with Gasteiger partial charge in [0.1, 0.15) is 5.82 Å². The molecule has 1 aliphatic carbocycles. The lowest BCUT2D eigenvalue weighted by Gasteiger charge is -2.12. The lowest BCUT2D eigenvalue weighted by Crippen LogP contribution is -2.12. The van der Waals surface area contributed by atoms with E-state index in [0.29, 0.717) is 18.4 Å². The van der Waals surface area contributed by atoms with Gasteiger partial charge in [-0.1, -0.05) is 18.2 Å². The number of anilines is 3. The average molecular weight is 283 g/mol. The highest BCUT2D eigenvalue weighted by Crippen LogP contribution is 2.42. The van der Waals surface area contributed by atoms with E-state index in [1.54, 1.807) is 0 Å². The molecule has 1 aliphatic rings. The minimum absolute atomic E-state index is 0.621. The first kappa shape index (κ1) is 13.8. The molecule has 1 heterocycles. The average Bonchev–Trinajstić information content (AvgIpc) is 3.34. The van der Waals surface area contributed by atoms with Gasteiger partial charge in [0.2, 0.25) is 5.95 Å². The van der Waals surface area contributed by atoms with Crippen LogP contribution in [0.2, 0.25) is 0 Å². The molecule has 0 radical (unpaired) electrons. The van der Waals surface area contributed by atoms with Crippen LogP contribution in [0.15, 0.2) is 36.5 Å². The summed E-state index contributed by atoms with van der Waals surface area (Å²) in [4.78, 5) is 9.06. The number of rotatable bonds is 7. The Kier molecular flexibility index (Phi) is 4.31. The molecule has 1 fully saturated rings. The summed E-state index contributed by atoms with van der Waals surface area (Å²) in [5.74, 6) is 2.19. The Morgan fingerprint density at radius 2 is 2.00 bits per heavy atom. The maximum Gasteiger partial charge on any atom is 0.229 e. The summed E-state index contributed by atoms with van der Waals surface area (Å²) in [6.07, 6.45) is 5.36. The number of para-hydroxylation sites is 1. The number of benzene rings is 1. The fourth-order valence-electron chi connectivity index (χ4n) is 2.25. The predicted octanol–water partition coefficient (Wildman–Crippen LogP) is 2.86. The largest absolute Gasteiger partial charge is 0.370 e. The van der Waals surface area contributed by atoms with E-state index in [0.717, 1.165) is 24.5 Å². The monoisotopic (exact) mass is 283 g/mol. The molecule has 0 atom stereocenters. The van der Waals surface area contributed by atoms with E-state index in [1.165, 1.54) is 18.4 Å². The van der Waals surface area contributed by atoms with E-state index in [1.807, 2.05) is 36.5 Å². The third-order valence-electron chi connectivity index (χ3n) is 3.54. The van der Waals surface area contributed by atoms with Gasteiger partial charge in [0.15, 0.2) is 0 Å². The van der Waals surface area contributed by atoms with Crippen molar-refractivity contribution < 1.29 is 0 Å². The maximum absolute atomic E-state index is 5.55. The van der Waals surface area contributed by atoms with Crippen molar-refractivity contribution in [2.24, 2.45) is 5.73 Å². The van der Waals surface area contributed by atoms with Gasteiger partial charge >= 0.3 is 0 Å². The zero-order valence-electron chi connectivity index (χ0n) is 12.0. The molecule has 5 nitrogen and oxygen atoms in total. The Morgan fingerprint density at radius 3 is 2.71 bits per heavy atom. The fourth-order valence-corrected chi connectivity index (χ4v) is 2.25. The maximum atomic E-state index is 5.55. The van der Waals surface area contributed by atoms with Gasteiger partial charge in [-0.25, -0.2) is 4.98 Å². The number of nitrogens with two attached hydrogens (primary N) is 1. The summed E-state index contributed by atoms with van der Waals surface area (Å²) < 4.78 is 0. The van der Waals surface area contributed by atoms with Gasteiger partial charge < -0.3 is 16.4 Å². The molecule has 0 unspecified atom stereocenters. The van der Waals surface area contributed by atoms with Gasteiger partial charge in [0, 0.05) is 24.0 Å². The Hall–Kier alpha value is -2.14. The zero-order chi connectivity index (χ0) is 14.5. The van der Waals surface area contributed by atoms with Crippen molar-refractivity contribution in [3.05, 3.63) is 42.1 Å². The molecular formula is C16H21N5. The Labute approximate surface area is 125 Å². The van der Waals surface area contributed by atoms with Gasteiger partial charge in [-0.15, -0.1) is 0 Å². The van der Waals surface area contributed by atoms with E-state index in [9.17, 15) is 0 Å². The Balaban J connectivity index is 1.76. The highest BCUT2D eigenvalue weighted by atomic mass is 15.1. The van der Waals surface area contributed by atoms with Crippen molar-refractivity contribution >= 4 is 17.5 Å². The number of aromatic nitrogens is 2. The van der Waals surface area contributed by atoms with Crippen LogP contribution in [0.4, 0.5) is 17.5 Å². The molecular weight excluding hydrogens is 262 g/mol. The van der Waals surface area contributed by atoms with Crippen molar-refractivity contribution in [1.82, 2.24) is 9.97 Å². The minimum Gasteiger partial charge on any atom is -0.370 e. The highest BCUT2D eigenvalue weighted by molar-refractivity contribution is 5.56. The van der Waals surface area contributed by atoms with Crippen LogP contribution in [0.25, 0.3) is 0 Å². The lowest BCUT2D eigenvalue weighted by molar-refractivity contribution is 0.865. The molecule has 0 bridgehead atoms. The molecule has 5 heteroatoms. The fraction of sp³-hybridized carbons (Fsp3) is 0.375. The second kappa shape index (κ2) is 6.54. The number of hydrogen-bond donors (Lipinski definition) is 3. The van der Waals surface area contributed by atoms with Gasteiger partial charge in [0.25, 0.3) is 0 Å². The van der Waals surface area contributed by atoms with E-state index in [-0.39, 0.29) is 0 Å². The van der Waals surface area contributed by atoms with Crippen LogP contribution in [0.3, 0.4) is 0 Å². The third kappa shape index (κ3) is 3.70. The van der Waals surface area contributed by atoms with Crippen molar-refractivity contribution in [2.75, 3.05) is 23.7 Å². The SMILES string of the molecule is NCCCNc1nc(Nc2ccccc2)ncc1C1CC1. The molecule has 21 heavy (non-hydrogen) atoms. The summed E-state index contributed by atoms with van der Waals surface area (Å²) in [7, 11) is 0. The molecule has 110 valence electrons. The highest BCUT2D eigenvalue weighted by Gasteiger charge is 2.27. The van der Waals surface area contributed by atoms with E-state index >= 15 is 0 Å². The molecule has 0 aliphatic heterocycles. The first-order chi connectivity index (χ1) is 10.4. The second-order valence-corrected chi connectivity index (χ2v) is 5.33. The first-order valence-corrected chi connectivity index (χ1v) is 7.50. The van der Waals surface area contributed by atoms with Crippen molar-refractivity contribution in [1.29, 1.82) is 0 Å². The standard InChI is InChI=1S/C16H21N5/c17-9-4-10-18-15-14(12-7-8-12)11-19-16(21-15)20-13-5-2-1-3-6-13/h1-3,5-6,11-12H,4,7-10,17H2,(H2,18,19,20,21). The van der Waals surface area contributed by atoms with Gasteiger partial charge in [-0.2, -0.15) is 4.98 Å². The van der Waals surface area contributed by atoms with Gasteiger partial charge in [0.05, 0.1) is 0 Å². The quantitative estimate of drug-likeness (QED) is 0.681. The molecule has 1 saturated carbocycles. The van der Waals surface area contributed by atoms with Crippen molar-refractivity contribution in [2.45, 2.75) is 25.2 Å². The second-order valence-electron chi connectivity index (χ2n) is 5.33. The van der Waals surface area contributed by atoms with Crippen LogP contribution in [-0.4, -0.2) is 23.1 Å². The predicted molar refractivity (Wildman–Crippen MR) is 85.9 cm³/mol. The minimum atomic E-state index is 0.621. The molecule has 1 aromatic carbocycles. The molecule has 2 aromatic rings. The molecule has 1 aromatic heterocycles. The van der Waals surface area contributed by atoms with Gasteiger partial charge in [-0.05, 0) is 43.9 Å². The van der Waals surface area contributed by atoms with Crippen molar-refractivity contribution in [3.8, 4) is 0 Å². The molecule has 0 amide bonds. The number of nitrogens with zero attached hydrogens (tertiary/aromatic N) is 2. The number of nitrogens with one attached hydrogen (secondary N) is 2. The number of hydrogen-bond acceptors (Lipinski definition) is 5. The van der Waals surface area contributed by atoms with E-state index in [2.05, 4.69) is 20.6 Å². The third-order valence-corrected chi connectivity index (χ3v) is 3.54. The Morgan fingerprint density at radius 1 is 1.19 bits per heavy atom. The summed E-state index contributed by atoms with van der Waals surface area (Å²) in [6.45, 7) is 1.53. The van der Waals surface area contributed by atoms with Crippen molar-refractivity contribution in [3.63, 3.8) is 0 Å². The zero-order valence-corrected chi connectivity index (χ0v) is 12.0. The van der Waals surface area contributed by atoms with E-state index < -0.39 is 0 Å². The van der Waals surface area contributed by atoms with E-state index in [4.69, 9.17) is 5.73 Å². The normalized spacial score (nSPS) is 14.0. The first-order valence-electron chi connectivity index (χ1n) is 7.50. The summed E-state index contributed by atoms with van der Waals surface area (Å²) >= 11 is 0. The summed E-state index contributed by atoms with van der Waals surface area (Å²) in [6, 6.07) is 9.96. The molecule has 4 N–H and O–H groups in total. The van der Waals surface area contributed by atoms with Crippen LogP contribution in [0.5, 0.6) is 0 Å². The van der Waals surface area contributed by atoms with Crippen LogP contribution in [0.1, 0.15) is 30.7 Å². The summed E-state index contributed by atoms with van der Waals surface area (Å²) in [5.41, 5.74) is 7.77. The van der Waals surface area contributed by atoms with Crippen LogP contribution in [0, 0.1) is 0 Å². The van der Waals surface area contributed by atoms with Gasteiger partial charge in [-0.3, -0.25) is 0 Å². The van der Waals surface area contributed by atoms with Crippen LogP contribution >= 0.6 is 0 Å². The van der Waals surface area contributed by atoms with Crippen LogP contribution in [-0.2, 0) is 0 Å². The molecule has 3 rings (SSSR count). The summed E-state index contributed by atoms with van der Waals surface area (Å²) in [5, 5.41) is 6.62. The van der Waals surface area contributed by atoms with Crippen LogP contribution < -0.4 is 16.4 Å². The lowest BCUT2D eigenvalue weighted by atomic mass is 10.2. The topological polar surface area (TPSA) is 75.9 Å². The smallest absolute Gasteiger partial charge is 0.229 e. The molecule has 0 saturated heterocycles. The Bertz CT molecular complexity index is 580.